The van der Waals surface area contributed by atoms with E-state index < -0.39 is 40.5 Å². The van der Waals surface area contributed by atoms with Crippen LogP contribution in [0.2, 0.25) is 0 Å². The zero-order valence-corrected chi connectivity index (χ0v) is 8.78. The van der Waals surface area contributed by atoms with E-state index >= 15 is 0 Å². The third-order valence-corrected chi connectivity index (χ3v) is 2.16. The number of benzene rings is 1. The summed E-state index contributed by atoms with van der Waals surface area (Å²) in [6.45, 7) is 0.810. The molecule has 0 saturated heterocycles. The second kappa shape index (κ2) is 4.31. The van der Waals surface area contributed by atoms with Crippen LogP contribution in [-0.4, -0.2) is 13.1 Å². The van der Waals surface area contributed by atoms with Gasteiger partial charge < -0.3 is 4.74 Å². The van der Waals surface area contributed by atoms with Gasteiger partial charge in [0.15, 0.2) is 0 Å². The molecule has 1 aromatic carbocycles. The van der Waals surface area contributed by atoms with Crippen molar-refractivity contribution in [3.8, 4) is 0 Å². The normalized spacial score (nSPS) is 11.5. The van der Waals surface area contributed by atoms with Crippen molar-refractivity contribution in [3.05, 3.63) is 34.4 Å². The molecule has 1 rings (SSSR count). The summed E-state index contributed by atoms with van der Waals surface area (Å²) in [6.07, 6.45) is -4.89. The smallest absolute Gasteiger partial charge is 0.416 e. The highest BCUT2D eigenvalue weighted by atomic mass is 19.4. The van der Waals surface area contributed by atoms with Gasteiger partial charge in [-0.2, -0.15) is 13.2 Å². The summed E-state index contributed by atoms with van der Waals surface area (Å²) in [6, 6.07) is 0.0741. The van der Waals surface area contributed by atoms with Crippen LogP contribution in [-0.2, 0) is 10.9 Å². The zero-order chi connectivity index (χ0) is 13.4. The fraction of sp³-hybridized carbons (Fsp3) is 0.300. The summed E-state index contributed by atoms with van der Waals surface area (Å²) in [7, 11) is 0.869. The van der Waals surface area contributed by atoms with Gasteiger partial charge in [0.1, 0.15) is 17.2 Å². The number of hydrogen-bond donors (Lipinski definition) is 0. The van der Waals surface area contributed by atoms with Crippen LogP contribution in [0.5, 0.6) is 0 Å². The Morgan fingerprint density at radius 2 is 1.82 bits per heavy atom. The van der Waals surface area contributed by atoms with E-state index in [0.29, 0.717) is 0 Å². The molecule has 0 aromatic heterocycles. The Morgan fingerprint density at radius 3 is 2.24 bits per heavy atom. The number of carbonyl (C=O) groups is 1. The fourth-order valence-corrected chi connectivity index (χ4v) is 1.30. The van der Waals surface area contributed by atoms with E-state index in [-0.39, 0.29) is 6.07 Å². The van der Waals surface area contributed by atoms with Gasteiger partial charge in [-0.1, -0.05) is 0 Å². The summed E-state index contributed by atoms with van der Waals surface area (Å²) in [4.78, 5) is 11.0. The molecular formula is C10H7F5O2. The summed E-state index contributed by atoms with van der Waals surface area (Å²) in [5.74, 6) is -4.53. The number of carbonyl (C=O) groups excluding carboxylic acids is 1. The first kappa shape index (κ1) is 13.4. The van der Waals surface area contributed by atoms with Gasteiger partial charge in [0.2, 0.25) is 0 Å². The Bertz CT molecular complexity index is 465. The Morgan fingerprint density at radius 1 is 1.29 bits per heavy atom. The van der Waals surface area contributed by atoms with Crippen LogP contribution in [0.25, 0.3) is 0 Å². The van der Waals surface area contributed by atoms with Crippen molar-refractivity contribution in [1.29, 1.82) is 0 Å². The van der Waals surface area contributed by atoms with Gasteiger partial charge in [-0.15, -0.1) is 0 Å². The van der Waals surface area contributed by atoms with Gasteiger partial charge in [-0.25, -0.2) is 13.6 Å². The molecular weight excluding hydrogens is 247 g/mol. The van der Waals surface area contributed by atoms with Crippen molar-refractivity contribution in [2.75, 3.05) is 7.11 Å². The highest BCUT2D eigenvalue weighted by molar-refractivity contribution is 5.90. The second-order valence-corrected chi connectivity index (χ2v) is 3.21. The second-order valence-electron chi connectivity index (χ2n) is 3.21. The molecule has 0 spiro atoms. The van der Waals surface area contributed by atoms with Crippen LogP contribution in [0.15, 0.2) is 6.07 Å². The van der Waals surface area contributed by atoms with Crippen molar-refractivity contribution in [2.24, 2.45) is 0 Å². The predicted molar refractivity (Wildman–Crippen MR) is 47.4 cm³/mol. The third kappa shape index (κ3) is 2.37. The van der Waals surface area contributed by atoms with Crippen LogP contribution in [0.3, 0.4) is 0 Å². The molecule has 0 aliphatic heterocycles. The molecule has 0 atom stereocenters. The van der Waals surface area contributed by atoms with Crippen molar-refractivity contribution >= 4 is 5.97 Å². The largest absolute Gasteiger partial charge is 0.465 e. The van der Waals surface area contributed by atoms with Gasteiger partial charge in [-0.05, 0) is 18.6 Å². The first-order valence-corrected chi connectivity index (χ1v) is 4.34. The van der Waals surface area contributed by atoms with E-state index in [1.54, 1.807) is 0 Å². The molecule has 0 unspecified atom stereocenters. The van der Waals surface area contributed by atoms with Gasteiger partial charge in [0.25, 0.3) is 0 Å². The number of methoxy groups -OCH3 is 1. The monoisotopic (exact) mass is 254 g/mol. The van der Waals surface area contributed by atoms with E-state index in [1.165, 1.54) is 0 Å². The van der Waals surface area contributed by atoms with Gasteiger partial charge >= 0.3 is 12.1 Å². The van der Waals surface area contributed by atoms with E-state index in [1.807, 2.05) is 0 Å². The molecule has 0 amide bonds. The molecule has 17 heavy (non-hydrogen) atoms. The zero-order valence-electron chi connectivity index (χ0n) is 8.78. The van der Waals surface area contributed by atoms with E-state index in [4.69, 9.17) is 0 Å². The standard InChI is InChI=1S/C10H7F5O2/c1-4-5(10(13,14)15)3-6(11)7(8(4)12)9(16)17-2/h3H,1-2H3. The molecule has 0 saturated carbocycles. The maximum absolute atomic E-state index is 13.4. The lowest BCUT2D eigenvalue weighted by molar-refractivity contribution is -0.138. The Balaban J connectivity index is 3.53. The number of halogens is 5. The minimum Gasteiger partial charge on any atom is -0.465 e. The van der Waals surface area contributed by atoms with E-state index in [0.717, 1.165) is 14.0 Å². The van der Waals surface area contributed by atoms with Crippen molar-refractivity contribution in [2.45, 2.75) is 13.1 Å². The molecule has 0 heterocycles. The number of hydrogen-bond acceptors (Lipinski definition) is 2. The average Bonchev–Trinajstić information content (AvgIpc) is 2.21. The predicted octanol–water partition coefficient (Wildman–Crippen LogP) is 3.08. The fourth-order valence-electron chi connectivity index (χ4n) is 1.30. The van der Waals surface area contributed by atoms with E-state index in [2.05, 4.69) is 4.74 Å². The summed E-state index contributed by atoms with van der Waals surface area (Å²) >= 11 is 0. The molecule has 7 heteroatoms. The van der Waals surface area contributed by atoms with Crippen LogP contribution < -0.4 is 0 Å². The number of rotatable bonds is 1. The van der Waals surface area contributed by atoms with Crippen molar-refractivity contribution in [1.82, 2.24) is 0 Å². The quantitative estimate of drug-likeness (QED) is 0.568. The third-order valence-electron chi connectivity index (χ3n) is 2.16. The summed E-state index contributed by atoms with van der Waals surface area (Å²) < 4.78 is 67.9. The highest BCUT2D eigenvalue weighted by Gasteiger charge is 2.36. The summed E-state index contributed by atoms with van der Waals surface area (Å²) in [5.41, 5.74) is -3.43. The lowest BCUT2D eigenvalue weighted by atomic mass is 10.0. The van der Waals surface area contributed by atoms with Crippen LogP contribution in [0, 0.1) is 18.6 Å². The molecule has 0 aliphatic carbocycles. The van der Waals surface area contributed by atoms with Gasteiger partial charge in [0.05, 0.1) is 12.7 Å². The molecule has 0 aliphatic rings. The molecule has 94 valence electrons. The molecule has 0 bridgehead atoms. The average molecular weight is 254 g/mol. The lowest BCUT2D eigenvalue weighted by Gasteiger charge is -2.13. The van der Waals surface area contributed by atoms with Crippen LogP contribution in [0.4, 0.5) is 22.0 Å². The SMILES string of the molecule is COC(=O)c1c(F)cc(C(F)(F)F)c(C)c1F. The Hall–Kier alpha value is -1.66. The Labute approximate surface area is 93.0 Å². The molecule has 0 fully saturated rings. The van der Waals surface area contributed by atoms with Crippen molar-refractivity contribution < 1.29 is 31.5 Å². The molecule has 0 radical (unpaired) electrons. The van der Waals surface area contributed by atoms with Crippen LogP contribution >= 0.6 is 0 Å². The topological polar surface area (TPSA) is 26.3 Å². The van der Waals surface area contributed by atoms with Gasteiger partial charge in [-0.3, -0.25) is 0 Å². The van der Waals surface area contributed by atoms with Gasteiger partial charge in [0, 0.05) is 0 Å². The lowest BCUT2D eigenvalue weighted by Crippen LogP contribution is -2.15. The number of alkyl halides is 3. The molecule has 1 aromatic rings. The minimum absolute atomic E-state index is 0.0741. The van der Waals surface area contributed by atoms with Crippen LogP contribution in [0.1, 0.15) is 21.5 Å². The highest BCUT2D eigenvalue weighted by Crippen LogP contribution is 2.34. The first-order chi connectivity index (χ1) is 7.70. The number of esters is 1. The minimum atomic E-state index is -4.89. The molecule has 0 N–H and O–H groups in total. The summed E-state index contributed by atoms with van der Waals surface area (Å²) in [5, 5.41) is 0. The molecule has 2 nitrogen and oxygen atoms in total. The Kier molecular flexibility index (Phi) is 3.40. The first-order valence-electron chi connectivity index (χ1n) is 4.34. The van der Waals surface area contributed by atoms with Crippen molar-refractivity contribution in [3.63, 3.8) is 0 Å². The van der Waals surface area contributed by atoms with E-state index in [9.17, 15) is 26.7 Å². The maximum Gasteiger partial charge on any atom is 0.416 e. The maximum atomic E-state index is 13.4. The number of ether oxygens (including phenoxy) is 1.